The van der Waals surface area contributed by atoms with Gasteiger partial charge in [0.2, 0.25) is 18.6 Å². The maximum atomic E-state index is 13.1. The van der Waals surface area contributed by atoms with Gasteiger partial charge in [0.1, 0.15) is 17.7 Å². The molecule has 2 aliphatic rings. The van der Waals surface area contributed by atoms with Gasteiger partial charge in [0, 0.05) is 51.2 Å². The number of hydrogen-bond acceptors (Lipinski definition) is 9. The molecule has 1 atom stereocenters. The van der Waals surface area contributed by atoms with Crippen molar-refractivity contribution in [1.82, 2.24) is 29.7 Å². The molecule has 38 heavy (non-hydrogen) atoms. The lowest BCUT2D eigenvalue weighted by Gasteiger charge is -2.42. The lowest BCUT2D eigenvalue weighted by Crippen LogP contribution is -2.57. The number of amides is 2. The van der Waals surface area contributed by atoms with Gasteiger partial charge in [0.05, 0.1) is 6.04 Å². The fourth-order valence-electron chi connectivity index (χ4n) is 4.36. The van der Waals surface area contributed by atoms with Crippen LogP contribution in [0.25, 0.3) is 5.95 Å². The zero-order chi connectivity index (χ0) is 26.7. The number of hydrogen-bond donors (Lipinski definition) is 1. The molecule has 1 unspecified atom stereocenters. The number of carbonyl (C=O) groups is 2. The SMILES string of the molecule is CC(C)(C)OC(=O)N1CCN(c2ccnc(-n3ccnc3)n2)C(CC(=O)NCc2ccc3c(c2)OCO3)C1. The second-order valence-electron chi connectivity index (χ2n) is 10.1. The van der Waals surface area contributed by atoms with Crippen molar-refractivity contribution in [1.29, 1.82) is 0 Å². The summed E-state index contributed by atoms with van der Waals surface area (Å²) in [5.41, 5.74) is 0.289. The molecule has 4 heterocycles. The number of ether oxygens (including phenoxy) is 3. The third-order valence-electron chi connectivity index (χ3n) is 6.14. The Balaban J connectivity index is 1.30. The summed E-state index contributed by atoms with van der Waals surface area (Å²) in [4.78, 5) is 42.7. The number of piperazine rings is 1. The number of fused-ring (bicyclic) bond motifs is 1. The highest BCUT2D eigenvalue weighted by Gasteiger charge is 2.34. The average Bonchev–Trinajstić information content (AvgIpc) is 3.59. The molecule has 12 nitrogen and oxygen atoms in total. The summed E-state index contributed by atoms with van der Waals surface area (Å²) < 4.78 is 18.1. The van der Waals surface area contributed by atoms with E-state index in [1.54, 1.807) is 40.5 Å². The molecular weight excluding hydrogens is 490 g/mol. The Labute approximate surface area is 220 Å². The van der Waals surface area contributed by atoms with Crippen LogP contribution < -0.4 is 19.7 Å². The first-order valence-electron chi connectivity index (χ1n) is 12.5. The molecule has 0 spiro atoms. The van der Waals surface area contributed by atoms with E-state index >= 15 is 0 Å². The molecule has 1 aromatic carbocycles. The van der Waals surface area contributed by atoms with Crippen LogP contribution in [0.3, 0.4) is 0 Å². The summed E-state index contributed by atoms with van der Waals surface area (Å²) in [5.74, 6) is 2.36. The van der Waals surface area contributed by atoms with Crippen molar-refractivity contribution >= 4 is 17.8 Å². The van der Waals surface area contributed by atoms with Gasteiger partial charge in [-0.15, -0.1) is 0 Å². The number of benzene rings is 1. The van der Waals surface area contributed by atoms with Crippen LogP contribution in [0.5, 0.6) is 11.5 Å². The molecule has 0 bridgehead atoms. The number of nitrogens with one attached hydrogen (secondary N) is 1. The summed E-state index contributed by atoms with van der Waals surface area (Å²) in [6, 6.07) is 7.07. The van der Waals surface area contributed by atoms with Gasteiger partial charge < -0.3 is 29.3 Å². The molecule has 0 aliphatic carbocycles. The van der Waals surface area contributed by atoms with Gasteiger partial charge >= 0.3 is 6.09 Å². The van der Waals surface area contributed by atoms with E-state index in [-0.39, 0.29) is 25.2 Å². The first-order valence-corrected chi connectivity index (χ1v) is 12.5. The fourth-order valence-corrected chi connectivity index (χ4v) is 4.36. The summed E-state index contributed by atoms with van der Waals surface area (Å²) >= 11 is 0. The van der Waals surface area contributed by atoms with Crippen molar-refractivity contribution < 1.29 is 23.8 Å². The summed E-state index contributed by atoms with van der Waals surface area (Å²) in [6.45, 7) is 7.28. The number of imidazole rings is 1. The Morgan fingerprint density at radius 3 is 2.76 bits per heavy atom. The number of carbonyl (C=O) groups excluding carboxylic acids is 2. The summed E-state index contributed by atoms with van der Waals surface area (Å²) in [6.07, 6.45) is 6.48. The van der Waals surface area contributed by atoms with Gasteiger partial charge in [0.15, 0.2) is 11.5 Å². The predicted octanol–water partition coefficient (Wildman–Crippen LogP) is 2.52. The zero-order valence-corrected chi connectivity index (χ0v) is 21.7. The Bertz CT molecular complexity index is 1290. The lowest BCUT2D eigenvalue weighted by atomic mass is 10.1. The molecule has 1 fully saturated rings. The average molecular weight is 522 g/mol. The maximum Gasteiger partial charge on any atom is 0.410 e. The van der Waals surface area contributed by atoms with Gasteiger partial charge in [-0.05, 0) is 44.5 Å². The molecule has 0 radical (unpaired) electrons. The normalized spacial score (nSPS) is 16.9. The monoisotopic (exact) mass is 521 g/mol. The fraction of sp³-hybridized carbons (Fsp3) is 0.423. The highest BCUT2D eigenvalue weighted by Crippen LogP contribution is 2.32. The van der Waals surface area contributed by atoms with E-state index in [2.05, 4.69) is 15.3 Å². The highest BCUT2D eigenvalue weighted by atomic mass is 16.7. The van der Waals surface area contributed by atoms with E-state index in [1.165, 1.54) is 0 Å². The van der Waals surface area contributed by atoms with Crippen LogP contribution in [0.1, 0.15) is 32.8 Å². The van der Waals surface area contributed by atoms with Crippen LogP contribution in [0.4, 0.5) is 10.6 Å². The van der Waals surface area contributed by atoms with E-state index in [0.29, 0.717) is 49.4 Å². The maximum absolute atomic E-state index is 13.1. The Hall–Kier alpha value is -4.35. The molecule has 2 aliphatic heterocycles. The first kappa shape index (κ1) is 25.3. The Kier molecular flexibility index (Phi) is 7.03. The van der Waals surface area contributed by atoms with Gasteiger partial charge in [-0.2, -0.15) is 4.98 Å². The van der Waals surface area contributed by atoms with Crippen LogP contribution in [-0.2, 0) is 16.1 Å². The minimum atomic E-state index is -0.613. The van der Waals surface area contributed by atoms with Crippen LogP contribution in [-0.4, -0.2) is 74.5 Å². The van der Waals surface area contributed by atoms with E-state index in [4.69, 9.17) is 19.2 Å². The van der Waals surface area contributed by atoms with Crippen molar-refractivity contribution in [2.75, 3.05) is 31.3 Å². The molecule has 2 amide bonds. The minimum Gasteiger partial charge on any atom is -0.454 e. The molecule has 5 rings (SSSR count). The van der Waals surface area contributed by atoms with E-state index < -0.39 is 11.7 Å². The van der Waals surface area contributed by atoms with Crippen molar-refractivity contribution in [2.45, 2.75) is 45.4 Å². The highest BCUT2D eigenvalue weighted by molar-refractivity contribution is 5.77. The van der Waals surface area contributed by atoms with Crippen molar-refractivity contribution in [3.05, 3.63) is 54.7 Å². The number of rotatable bonds is 6. The molecule has 12 heteroatoms. The molecule has 3 aromatic rings. The second kappa shape index (κ2) is 10.6. The first-order chi connectivity index (χ1) is 18.2. The molecular formula is C26H31N7O5. The quantitative estimate of drug-likeness (QED) is 0.521. The molecule has 1 saturated heterocycles. The second-order valence-corrected chi connectivity index (χ2v) is 10.1. The van der Waals surface area contributed by atoms with Gasteiger partial charge in [-0.1, -0.05) is 6.07 Å². The smallest absolute Gasteiger partial charge is 0.410 e. The topological polar surface area (TPSA) is 124 Å². The molecule has 0 saturated carbocycles. The Morgan fingerprint density at radius 1 is 1.13 bits per heavy atom. The molecule has 2 aromatic heterocycles. The van der Waals surface area contributed by atoms with Crippen molar-refractivity contribution in [3.8, 4) is 17.4 Å². The molecule has 1 N–H and O–H groups in total. The minimum absolute atomic E-state index is 0.146. The van der Waals surface area contributed by atoms with Crippen LogP contribution in [0.2, 0.25) is 0 Å². The largest absolute Gasteiger partial charge is 0.454 e. The molecule has 200 valence electrons. The predicted molar refractivity (Wildman–Crippen MR) is 137 cm³/mol. The third kappa shape index (κ3) is 5.96. The zero-order valence-electron chi connectivity index (χ0n) is 21.7. The van der Waals surface area contributed by atoms with Gasteiger partial charge in [0.25, 0.3) is 0 Å². The van der Waals surface area contributed by atoms with Gasteiger partial charge in [-0.3, -0.25) is 9.36 Å². The third-order valence-corrected chi connectivity index (χ3v) is 6.14. The lowest BCUT2D eigenvalue weighted by molar-refractivity contribution is -0.121. The summed E-state index contributed by atoms with van der Waals surface area (Å²) in [5, 5.41) is 2.98. The number of anilines is 1. The van der Waals surface area contributed by atoms with Gasteiger partial charge in [-0.25, -0.2) is 14.8 Å². The van der Waals surface area contributed by atoms with Crippen molar-refractivity contribution in [2.24, 2.45) is 0 Å². The van der Waals surface area contributed by atoms with Crippen molar-refractivity contribution in [3.63, 3.8) is 0 Å². The standard InChI is InChI=1S/C26H31N7O5/c1-26(2,3)38-25(35)31-10-11-33(22-6-7-28-24(30-22)32-9-8-27-16-32)19(15-31)13-23(34)29-14-18-4-5-20-21(12-18)37-17-36-20/h4-9,12,16,19H,10-11,13-15,17H2,1-3H3,(H,29,34). The number of nitrogens with zero attached hydrogens (tertiary/aromatic N) is 6. The van der Waals surface area contributed by atoms with E-state index in [1.807, 2.05) is 43.9 Å². The number of aromatic nitrogens is 4. The van der Waals surface area contributed by atoms with E-state index in [0.717, 1.165) is 5.56 Å². The van der Waals surface area contributed by atoms with Crippen LogP contribution >= 0.6 is 0 Å². The van der Waals surface area contributed by atoms with E-state index in [9.17, 15) is 9.59 Å². The van der Waals surface area contributed by atoms with Crippen LogP contribution in [0.15, 0.2) is 49.2 Å². The summed E-state index contributed by atoms with van der Waals surface area (Å²) in [7, 11) is 0. The van der Waals surface area contributed by atoms with Crippen LogP contribution in [0, 0.1) is 0 Å². The Morgan fingerprint density at radius 2 is 1.97 bits per heavy atom.